The van der Waals surface area contributed by atoms with Gasteiger partial charge in [0.2, 0.25) is 11.8 Å². The average molecular weight is 371 g/mol. The lowest BCUT2D eigenvalue weighted by molar-refractivity contribution is -0.129. The van der Waals surface area contributed by atoms with Gasteiger partial charge in [-0.25, -0.2) is 0 Å². The smallest absolute Gasteiger partial charge is 0.221 e. The van der Waals surface area contributed by atoms with Crippen LogP contribution in [0.2, 0.25) is 10.0 Å². The molecule has 1 aliphatic carbocycles. The standard InChI is InChI=1S/C18H24Cl2N2O2/c1-13(23)22(10-8-14-6-7-15(19)12-17(14)20)11-9-18(24)21-16-4-2-3-5-16/h6-7,12,16H,2-5,8-11H2,1H3,(H,21,24). The van der Waals surface area contributed by atoms with E-state index in [2.05, 4.69) is 5.32 Å². The monoisotopic (exact) mass is 370 g/mol. The Labute approximate surface area is 153 Å². The maximum absolute atomic E-state index is 12.0. The minimum Gasteiger partial charge on any atom is -0.353 e. The molecule has 0 radical (unpaired) electrons. The van der Waals surface area contributed by atoms with Crippen molar-refractivity contribution in [3.05, 3.63) is 33.8 Å². The van der Waals surface area contributed by atoms with E-state index in [0.29, 0.717) is 42.0 Å². The molecule has 2 rings (SSSR count). The highest BCUT2D eigenvalue weighted by atomic mass is 35.5. The van der Waals surface area contributed by atoms with Gasteiger partial charge in [-0.3, -0.25) is 9.59 Å². The number of carbonyl (C=O) groups is 2. The van der Waals surface area contributed by atoms with E-state index >= 15 is 0 Å². The van der Waals surface area contributed by atoms with E-state index in [9.17, 15) is 9.59 Å². The van der Waals surface area contributed by atoms with E-state index in [-0.39, 0.29) is 11.8 Å². The van der Waals surface area contributed by atoms with E-state index in [1.165, 1.54) is 19.8 Å². The molecule has 1 saturated carbocycles. The third-order valence-electron chi connectivity index (χ3n) is 4.44. The summed E-state index contributed by atoms with van der Waals surface area (Å²) in [6.07, 6.45) is 5.48. The van der Waals surface area contributed by atoms with E-state index in [4.69, 9.17) is 23.2 Å². The Bertz CT molecular complexity index is 586. The number of rotatable bonds is 7. The van der Waals surface area contributed by atoms with Crippen molar-refractivity contribution in [1.29, 1.82) is 0 Å². The predicted octanol–water partition coefficient (Wildman–Crippen LogP) is 3.83. The van der Waals surface area contributed by atoms with Crippen molar-refractivity contribution in [2.45, 2.75) is 51.5 Å². The summed E-state index contributed by atoms with van der Waals surface area (Å²) in [6.45, 7) is 2.49. The molecule has 0 aliphatic heterocycles. The molecule has 0 spiro atoms. The van der Waals surface area contributed by atoms with Crippen molar-refractivity contribution in [2.75, 3.05) is 13.1 Å². The Balaban J connectivity index is 1.80. The average Bonchev–Trinajstić information content (AvgIpc) is 3.01. The van der Waals surface area contributed by atoms with Crippen LogP contribution in [0.1, 0.15) is 44.6 Å². The Hall–Kier alpha value is -1.26. The van der Waals surface area contributed by atoms with Crippen LogP contribution in [0.15, 0.2) is 18.2 Å². The largest absolute Gasteiger partial charge is 0.353 e. The number of nitrogens with one attached hydrogen (secondary N) is 1. The lowest BCUT2D eigenvalue weighted by Crippen LogP contribution is -2.37. The van der Waals surface area contributed by atoms with Crippen LogP contribution < -0.4 is 5.32 Å². The molecule has 2 amide bonds. The molecule has 1 aromatic rings. The SMILES string of the molecule is CC(=O)N(CCC(=O)NC1CCCC1)CCc1ccc(Cl)cc1Cl. The molecule has 0 aromatic heterocycles. The van der Waals surface area contributed by atoms with Gasteiger partial charge in [-0.15, -0.1) is 0 Å². The second-order valence-corrected chi connectivity index (χ2v) is 7.13. The molecule has 1 N–H and O–H groups in total. The van der Waals surface area contributed by atoms with Crippen LogP contribution in [0, 0.1) is 0 Å². The first-order valence-corrected chi connectivity index (χ1v) is 9.20. The van der Waals surface area contributed by atoms with E-state index in [1.807, 2.05) is 6.07 Å². The number of carbonyl (C=O) groups excluding carboxylic acids is 2. The van der Waals surface area contributed by atoms with Crippen LogP contribution in [0.25, 0.3) is 0 Å². The number of nitrogens with zero attached hydrogens (tertiary/aromatic N) is 1. The Morgan fingerprint density at radius 1 is 1.21 bits per heavy atom. The van der Waals surface area contributed by atoms with Gasteiger partial charge in [-0.1, -0.05) is 42.1 Å². The lowest BCUT2D eigenvalue weighted by atomic mass is 10.1. The first kappa shape index (κ1) is 19.1. The van der Waals surface area contributed by atoms with Gasteiger partial charge in [0.05, 0.1) is 0 Å². The second kappa shape index (κ2) is 9.28. The van der Waals surface area contributed by atoms with Gasteiger partial charge in [-0.05, 0) is 37.0 Å². The molecule has 6 heteroatoms. The molecule has 0 heterocycles. The summed E-state index contributed by atoms with van der Waals surface area (Å²) in [5.74, 6) is -0.00794. The van der Waals surface area contributed by atoms with Gasteiger partial charge >= 0.3 is 0 Å². The number of benzene rings is 1. The Kier molecular flexibility index (Phi) is 7.38. The minimum atomic E-state index is -0.0336. The molecular weight excluding hydrogens is 347 g/mol. The normalized spacial score (nSPS) is 14.6. The first-order chi connectivity index (χ1) is 11.5. The molecule has 0 atom stereocenters. The van der Waals surface area contributed by atoms with Crippen LogP contribution in [-0.2, 0) is 16.0 Å². The van der Waals surface area contributed by atoms with Crippen molar-refractivity contribution in [2.24, 2.45) is 0 Å². The van der Waals surface area contributed by atoms with Gasteiger partial charge in [-0.2, -0.15) is 0 Å². The summed E-state index contributed by atoms with van der Waals surface area (Å²) in [5, 5.41) is 4.24. The molecule has 1 aromatic carbocycles. The van der Waals surface area contributed by atoms with Gasteiger partial charge in [0, 0.05) is 42.5 Å². The number of amides is 2. The van der Waals surface area contributed by atoms with E-state index in [0.717, 1.165) is 18.4 Å². The molecule has 0 unspecified atom stereocenters. The maximum atomic E-state index is 12.0. The number of hydrogen-bond donors (Lipinski definition) is 1. The molecule has 4 nitrogen and oxygen atoms in total. The summed E-state index contributed by atoms with van der Waals surface area (Å²) < 4.78 is 0. The minimum absolute atomic E-state index is 0.0256. The fourth-order valence-corrected chi connectivity index (χ4v) is 3.52. The van der Waals surface area contributed by atoms with Gasteiger partial charge in [0.25, 0.3) is 0 Å². The van der Waals surface area contributed by atoms with Gasteiger partial charge < -0.3 is 10.2 Å². The fourth-order valence-electron chi connectivity index (χ4n) is 3.01. The van der Waals surface area contributed by atoms with Crippen LogP contribution in [0.4, 0.5) is 0 Å². The molecule has 132 valence electrons. The first-order valence-electron chi connectivity index (χ1n) is 8.44. The van der Waals surface area contributed by atoms with Crippen molar-refractivity contribution in [3.8, 4) is 0 Å². The predicted molar refractivity (Wildman–Crippen MR) is 97.4 cm³/mol. The Morgan fingerprint density at radius 2 is 1.92 bits per heavy atom. The van der Waals surface area contributed by atoms with Gasteiger partial charge in [0.15, 0.2) is 0 Å². The van der Waals surface area contributed by atoms with Crippen LogP contribution in [0.5, 0.6) is 0 Å². The van der Waals surface area contributed by atoms with Crippen molar-refractivity contribution < 1.29 is 9.59 Å². The molecule has 0 bridgehead atoms. The highest BCUT2D eigenvalue weighted by Gasteiger charge is 2.18. The van der Waals surface area contributed by atoms with Crippen LogP contribution in [-0.4, -0.2) is 35.8 Å². The zero-order chi connectivity index (χ0) is 17.5. The zero-order valence-corrected chi connectivity index (χ0v) is 15.5. The Morgan fingerprint density at radius 3 is 2.54 bits per heavy atom. The summed E-state index contributed by atoms with van der Waals surface area (Å²) in [4.78, 5) is 25.5. The fraction of sp³-hybridized carbons (Fsp3) is 0.556. The van der Waals surface area contributed by atoms with Crippen LogP contribution >= 0.6 is 23.2 Å². The van der Waals surface area contributed by atoms with Crippen LogP contribution in [0.3, 0.4) is 0 Å². The molecular formula is C18H24Cl2N2O2. The molecule has 1 aliphatic rings. The number of hydrogen-bond acceptors (Lipinski definition) is 2. The quantitative estimate of drug-likeness (QED) is 0.792. The summed E-state index contributed by atoms with van der Waals surface area (Å²) in [5.41, 5.74) is 0.947. The summed E-state index contributed by atoms with van der Waals surface area (Å²) in [7, 11) is 0. The van der Waals surface area contributed by atoms with E-state index in [1.54, 1.807) is 17.0 Å². The van der Waals surface area contributed by atoms with Gasteiger partial charge in [0.1, 0.15) is 0 Å². The molecule has 1 fully saturated rings. The van der Waals surface area contributed by atoms with Crippen molar-refractivity contribution in [3.63, 3.8) is 0 Å². The van der Waals surface area contributed by atoms with Crippen molar-refractivity contribution in [1.82, 2.24) is 10.2 Å². The highest BCUT2D eigenvalue weighted by Crippen LogP contribution is 2.21. The number of halogens is 2. The third kappa shape index (κ3) is 5.99. The topological polar surface area (TPSA) is 49.4 Å². The summed E-state index contributed by atoms with van der Waals surface area (Å²) in [6, 6.07) is 5.67. The zero-order valence-electron chi connectivity index (χ0n) is 14.0. The molecule has 0 saturated heterocycles. The third-order valence-corrected chi connectivity index (χ3v) is 5.03. The van der Waals surface area contributed by atoms with E-state index < -0.39 is 0 Å². The lowest BCUT2D eigenvalue weighted by Gasteiger charge is -2.22. The maximum Gasteiger partial charge on any atom is 0.221 e. The highest BCUT2D eigenvalue weighted by molar-refractivity contribution is 6.35. The summed E-state index contributed by atoms with van der Waals surface area (Å²) >= 11 is 12.1. The second-order valence-electron chi connectivity index (χ2n) is 6.29. The van der Waals surface area contributed by atoms with Crippen molar-refractivity contribution >= 4 is 35.0 Å². The molecule has 24 heavy (non-hydrogen) atoms.